The Labute approximate surface area is 325 Å². The van der Waals surface area contributed by atoms with E-state index in [-0.39, 0.29) is 0 Å². The smallest absolute Gasteiger partial charge is 0.164 e. The van der Waals surface area contributed by atoms with E-state index < -0.39 is 0 Å². The van der Waals surface area contributed by atoms with Crippen molar-refractivity contribution in [3.05, 3.63) is 176 Å². The van der Waals surface area contributed by atoms with E-state index in [4.69, 9.17) is 28.2 Å². The van der Waals surface area contributed by atoms with E-state index in [1.54, 1.807) is 0 Å². The zero-order valence-corrected chi connectivity index (χ0v) is 30.3. The molecule has 0 aliphatic rings. The Morgan fingerprint density at radius 1 is 0.263 bits per heavy atom. The standard InChI is InChI=1S/C51H29N3O3/c1-4-18-42-36(14-1)40-28-33(22-24-45(40)55-42)31-11-7-10-30(26-31)32-12-8-13-34(27-32)49-52-50(35-23-25-46-41(29-35)37-15-2-5-19-43(37)56-46)54-51(53-49)39-17-9-21-47-48(39)38-16-3-6-20-44(38)57-47/h1-29H. The minimum atomic E-state index is 0.568. The van der Waals surface area contributed by atoms with Crippen LogP contribution in [0.3, 0.4) is 0 Å². The summed E-state index contributed by atoms with van der Waals surface area (Å²) in [6.07, 6.45) is 0. The molecule has 0 radical (unpaired) electrons. The number of furan rings is 3. The molecule has 0 amide bonds. The van der Waals surface area contributed by atoms with Gasteiger partial charge in [-0.05, 0) is 89.0 Å². The van der Waals surface area contributed by atoms with Gasteiger partial charge in [0.05, 0.1) is 0 Å². The topological polar surface area (TPSA) is 78.1 Å². The first-order valence-corrected chi connectivity index (χ1v) is 18.9. The van der Waals surface area contributed by atoms with Gasteiger partial charge in [0.15, 0.2) is 17.5 Å². The lowest BCUT2D eigenvalue weighted by Gasteiger charge is -2.11. The van der Waals surface area contributed by atoms with E-state index in [2.05, 4.69) is 103 Å². The Kier molecular flexibility index (Phi) is 6.83. The number of rotatable bonds is 5. The predicted molar refractivity (Wildman–Crippen MR) is 229 cm³/mol. The van der Waals surface area contributed by atoms with Gasteiger partial charge in [0.1, 0.15) is 33.5 Å². The summed E-state index contributed by atoms with van der Waals surface area (Å²) in [5.74, 6) is 1.72. The molecule has 0 aliphatic heterocycles. The van der Waals surface area contributed by atoms with Gasteiger partial charge in [0.25, 0.3) is 0 Å². The fraction of sp³-hybridized carbons (Fsp3) is 0. The van der Waals surface area contributed by atoms with Crippen molar-refractivity contribution in [1.82, 2.24) is 15.0 Å². The van der Waals surface area contributed by atoms with Crippen LogP contribution >= 0.6 is 0 Å². The summed E-state index contributed by atoms with van der Waals surface area (Å²) >= 11 is 0. The van der Waals surface area contributed by atoms with Crippen LogP contribution in [0, 0.1) is 0 Å². The lowest BCUT2D eigenvalue weighted by molar-refractivity contribution is 0.668. The molecule has 266 valence electrons. The zero-order valence-electron chi connectivity index (χ0n) is 30.3. The maximum absolute atomic E-state index is 6.28. The average molecular weight is 732 g/mol. The van der Waals surface area contributed by atoms with E-state index >= 15 is 0 Å². The number of aromatic nitrogens is 3. The molecule has 4 aromatic heterocycles. The first-order valence-electron chi connectivity index (χ1n) is 18.9. The molecule has 6 heteroatoms. The van der Waals surface area contributed by atoms with Gasteiger partial charge in [-0.1, -0.05) is 109 Å². The molecule has 8 aromatic carbocycles. The van der Waals surface area contributed by atoms with Crippen molar-refractivity contribution in [2.24, 2.45) is 0 Å². The summed E-state index contributed by atoms with van der Waals surface area (Å²) in [4.78, 5) is 15.5. The van der Waals surface area contributed by atoms with Gasteiger partial charge in [-0.15, -0.1) is 0 Å². The Balaban J connectivity index is 1.01. The Hall–Kier alpha value is -7.83. The molecule has 4 heterocycles. The second kappa shape index (κ2) is 12.3. The van der Waals surface area contributed by atoms with E-state index in [0.29, 0.717) is 17.5 Å². The summed E-state index contributed by atoms with van der Waals surface area (Å²) in [5.41, 5.74) is 12.1. The van der Waals surface area contributed by atoms with Crippen LogP contribution in [0.5, 0.6) is 0 Å². The van der Waals surface area contributed by atoms with Gasteiger partial charge < -0.3 is 13.3 Å². The van der Waals surface area contributed by atoms with Crippen LogP contribution in [0.4, 0.5) is 0 Å². The quantitative estimate of drug-likeness (QED) is 0.175. The van der Waals surface area contributed by atoms with E-state index in [0.717, 1.165) is 105 Å². The molecule has 0 spiro atoms. The molecule has 0 unspecified atom stereocenters. The monoisotopic (exact) mass is 731 g/mol. The Morgan fingerprint density at radius 3 is 1.32 bits per heavy atom. The third-order valence-corrected chi connectivity index (χ3v) is 10.9. The first-order chi connectivity index (χ1) is 28.2. The van der Waals surface area contributed by atoms with Crippen molar-refractivity contribution < 1.29 is 13.3 Å². The predicted octanol–water partition coefficient (Wildman–Crippen LogP) is 13.9. The van der Waals surface area contributed by atoms with Crippen molar-refractivity contribution in [3.8, 4) is 56.4 Å². The molecular formula is C51H29N3O3. The number of hydrogen-bond acceptors (Lipinski definition) is 6. The SMILES string of the molecule is c1cc(-c2cccc(-c3nc(-c4ccc5oc6ccccc6c5c4)nc(-c4cccc5oc6ccccc6c45)n3)c2)cc(-c2ccc3oc4ccccc4c3c2)c1. The van der Waals surface area contributed by atoms with Crippen LogP contribution in [0.2, 0.25) is 0 Å². The number of para-hydroxylation sites is 3. The molecule has 0 N–H and O–H groups in total. The molecule has 0 saturated carbocycles. The maximum Gasteiger partial charge on any atom is 0.164 e. The van der Waals surface area contributed by atoms with Crippen molar-refractivity contribution in [2.45, 2.75) is 0 Å². The summed E-state index contributed by atoms with van der Waals surface area (Å²) in [7, 11) is 0. The second-order valence-corrected chi connectivity index (χ2v) is 14.4. The number of benzene rings is 8. The van der Waals surface area contributed by atoms with Crippen molar-refractivity contribution >= 4 is 65.8 Å². The zero-order chi connectivity index (χ0) is 37.5. The summed E-state index contributed by atoms with van der Waals surface area (Å²) in [5, 5.41) is 6.27. The van der Waals surface area contributed by atoms with Crippen molar-refractivity contribution in [1.29, 1.82) is 0 Å². The number of fused-ring (bicyclic) bond motifs is 9. The van der Waals surface area contributed by atoms with Gasteiger partial charge in [-0.2, -0.15) is 0 Å². The van der Waals surface area contributed by atoms with E-state index in [1.165, 1.54) is 0 Å². The fourth-order valence-electron chi connectivity index (χ4n) is 8.20. The molecule has 6 nitrogen and oxygen atoms in total. The summed E-state index contributed by atoms with van der Waals surface area (Å²) in [6.45, 7) is 0. The Bertz CT molecular complexity index is 3550. The van der Waals surface area contributed by atoms with Crippen molar-refractivity contribution in [2.75, 3.05) is 0 Å². The van der Waals surface area contributed by atoms with Gasteiger partial charge in [0, 0.05) is 49.0 Å². The highest BCUT2D eigenvalue weighted by Crippen LogP contribution is 2.39. The highest BCUT2D eigenvalue weighted by atomic mass is 16.3. The number of hydrogen-bond donors (Lipinski definition) is 0. The van der Waals surface area contributed by atoms with E-state index in [9.17, 15) is 0 Å². The largest absolute Gasteiger partial charge is 0.456 e. The molecule has 0 saturated heterocycles. The molecule has 0 fully saturated rings. The third-order valence-electron chi connectivity index (χ3n) is 10.9. The third kappa shape index (κ3) is 5.15. The van der Waals surface area contributed by atoms with Gasteiger partial charge >= 0.3 is 0 Å². The first kappa shape index (κ1) is 31.5. The molecule has 12 aromatic rings. The van der Waals surface area contributed by atoms with Crippen molar-refractivity contribution in [3.63, 3.8) is 0 Å². The molecule has 12 rings (SSSR count). The molecule has 0 aliphatic carbocycles. The van der Waals surface area contributed by atoms with Crippen LogP contribution in [0.15, 0.2) is 189 Å². The minimum absolute atomic E-state index is 0.568. The maximum atomic E-state index is 6.28. The van der Waals surface area contributed by atoms with Crippen LogP contribution in [0.1, 0.15) is 0 Å². The lowest BCUT2D eigenvalue weighted by atomic mass is 9.97. The van der Waals surface area contributed by atoms with Gasteiger partial charge in [0.2, 0.25) is 0 Å². The Morgan fingerprint density at radius 2 is 0.667 bits per heavy atom. The fourth-order valence-corrected chi connectivity index (χ4v) is 8.20. The highest BCUT2D eigenvalue weighted by molar-refractivity contribution is 6.12. The van der Waals surface area contributed by atoms with Crippen LogP contribution < -0.4 is 0 Å². The van der Waals surface area contributed by atoms with E-state index in [1.807, 2.05) is 72.8 Å². The molecule has 0 bridgehead atoms. The summed E-state index contributed by atoms with van der Waals surface area (Å²) in [6, 6.07) is 60.0. The van der Waals surface area contributed by atoms with Crippen LogP contribution in [-0.4, -0.2) is 15.0 Å². The molecular weight excluding hydrogens is 703 g/mol. The van der Waals surface area contributed by atoms with Crippen LogP contribution in [0.25, 0.3) is 122 Å². The second-order valence-electron chi connectivity index (χ2n) is 14.4. The van der Waals surface area contributed by atoms with Crippen LogP contribution in [-0.2, 0) is 0 Å². The molecule has 57 heavy (non-hydrogen) atoms. The molecule has 0 atom stereocenters. The normalized spacial score (nSPS) is 11.9. The van der Waals surface area contributed by atoms with Gasteiger partial charge in [-0.3, -0.25) is 0 Å². The summed E-state index contributed by atoms with van der Waals surface area (Å²) < 4.78 is 18.6. The highest BCUT2D eigenvalue weighted by Gasteiger charge is 2.19. The van der Waals surface area contributed by atoms with Gasteiger partial charge in [-0.25, -0.2) is 15.0 Å². The average Bonchev–Trinajstić information content (AvgIpc) is 3.97. The lowest BCUT2D eigenvalue weighted by Crippen LogP contribution is -2.00. The minimum Gasteiger partial charge on any atom is -0.456 e. The number of nitrogens with zero attached hydrogens (tertiary/aromatic N) is 3.